The van der Waals surface area contributed by atoms with Gasteiger partial charge < -0.3 is 10.6 Å². The topological polar surface area (TPSA) is 84.5 Å². The van der Waals surface area contributed by atoms with Crippen LogP contribution in [0.5, 0.6) is 0 Å². The van der Waals surface area contributed by atoms with Crippen molar-refractivity contribution < 1.29 is 4.79 Å². The fraction of sp³-hybridized carbons (Fsp3) is 0.450. The van der Waals surface area contributed by atoms with E-state index in [4.69, 9.17) is 17.3 Å². The molecule has 1 aliphatic rings. The third kappa shape index (κ3) is 4.54. The monoisotopic (exact) mass is 403 g/mol. The maximum Gasteiger partial charge on any atom is 0.290 e. The highest BCUT2D eigenvalue weighted by atomic mass is 35.5. The van der Waals surface area contributed by atoms with Crippen LogP contribution in [0, 0.1) is 6.92 Å². The summed E-state index contributed by atoms with van der Waals surface area (Å²) in [4.78, 5) is 28.7. The summed E-state index contributed by atoms with van der Waals surface area (Å²) in [5.74, 6) is -0.232. The maximum absolute atomic E-state index is 12.3. The molecule has 0 amide bonds. The zero-order valence-corrected chi connectivity index (χ0v) is 17.1. The van der Waals surface area contributed by atoms with Gasteiger partial charge >= 0.3 is 0 Å². The van der Waals surface area contributed by atoms with E-state index in [1.165, 1.54) is 11.6 Å². The highest BCUT2D eigenvalue weighted by molar-refractivity contribution is 6.30. The summed E-state index contributed by atoms with van der Waals surface area (Å²) in [6.45, 7) is 8.27. The van der Waals surface area contributed by atoms with Crippen LogP contribution in [0.2, 0.25) is 5.02 Å². The summed E-state index contributed by atoms with van der Waals surface area (Å²) in [5, 5.41) is 5.01. The van der Waals surface area contributed by atoms with Gasteiger partial charge in [-0.2, -0.15) is 5.10 Å². The first-order valence-corrected chi connectivity index (χ1v) is 9.85. The summed E-state index contributed by atoms with van der Waals surface area (Å²) >= 11 is 6.08. The first-order chi connectivity index (χ1) is 13.4. The third-order valence-electron chi connectivity index (χ3n) is 5.11. The van der Waals surface area contributed by atoms with Crippen molar-refractivity contribution in [1.29, 1.82) is 0 Å². The van der Waals surface area contributed by atoms with E-state index < -0.39 is 0 Å². The number of aromatic nitrogens is 2. The van der Waals surface area contributed by atoms with Crippen LogP contribution in [0.1, 0.15) is 29.4 Å². The number of nitrogens with two attached hydrogens (primary N) is 1. The second kappa shape index (κ2) is 8.75. The van der Waals surface area contributed by atoms with Crippen molar-refractivity contribution in [2.75, 3.05) is 43.4 Å². The van der Waals surface area contributed by atoms with Crippen molar-refractivity contribution in [2.24, 2.45) is 0 Å². The molecule has 1 aromatic carbocycles. The number of rotatable bonds is 6. The second-order valence-electron chi connectivity index (χ2n) is 7.12. The lowest BCUT2D eigenvalue weighted by Crippen LogP contribution is -2.46. The molecule has 150 valence electrons. The van der Waals surface area contributed by atoms with Crippen molar-refractivity contribution in [3.8, 4) is 0 Å². The molecular weight excluding hydrogens is 378 g/mol. The number of piperazine rings is 1. The van der Waals surface area contributed by atoms with E-state index in [1.54, 1.807) is 6.92 Å². The molecule has 0 unspecified atom stereocenters. The standard InChI is InChI=1S/C20H26ClN5O2/c1-14-18(15(2)27)19(22)20(28)26(23-14)8-4-7-24-9-11-25(12-10-24)17-6-3-5-16(21)13-17/h3,5-6,13H,4,7-12,22H2,1-2H3. The van der Waals surface area contributed by atoms with Gasteiger partial charge in [-0.25, -0.2) is 4.68 Å². The zero-order valence-electron chi connectivity index (χ0n) is 16.3. The van der Waals surface area contributed by atoms with E-state index >= 15 is 0 Å². The van der Waals surface area contributed by atoms with Gasteiger partial charge in [0.1, 0.15) is 5.69 Å². The van der Waals surface area contributed by atoms with Gasteiger partial charge in [-0.05, 0) is 38.5 Å². The van der Waals surface area contributed by atoms with Crippen molar-refractivity contribution in [1.82, 2.24) is 14.7 Å². The minimum absolute atomic E-state index is 0.00450. The SMILES string of the molecule is CC(=O)c1c(C)nn(CCCN2CCN(c3cccc(Cl)c3)CC2)c(=O)c1N. The molecule has 1 saturated heterocycles. The Bertz CT molecular complexity index is 919. The predicted molar refractivity (Wildman–Crippen MR) is 112 cm³/mol. The van der Waals surface area contributed by atoms with Crippen LogP contribution in [0.4, 0.5) is 11.4 Å². The molecule has 2 N–H and O–H groups in total. The lowest BCUT2D eigenvalue weighted by molar-refractivity contribution is 0.101. The quantitative estimate of drug-likeness (QED) is 0.744. The summed E-state index contributed by atoms with van der Waals surface area (Å²) in [5.41, 5.74) is 7.36. The van der Waals surface area contributed by atoms with Crippen molar-refractivity contribution in [2.45, 2.75) is 26.8 Å². The van der Waals surface area contributed by atoms with Crippen LogP contribution in [0.15, 0.2) is 29.1 Å². The molecule has 8 heteroatoms. The number of halogens is 1. The average Bonchev–Trinajstić information content (AvgIpc) is 2.66. The van der Waals surface area contributed by atoms with Crippen LogP contribution in [0.25, 0.3) is 0 Å². The van der Waals surface area contributed by atoms with Crippen LogP contribution in [0.3, 0.4) is 0 Å². The molecule has 0 bridgehead atoms. The van der Waals surface area contributed by atoms with E-state index in [0.29, 0.717) is 12.2 Å². The number of hydrogen-bond acceptors (Lipinski definition) is 6. The summed E-state index contributed by atoms with van der Waals surface area (Å²) in [6, 6.07) is 7.93. The Hall–Kier alpha value is -2.38. The van der Waals surface area contributed by atoms with Gasteiger partial charge in [0.05, 0.1) is 11.3 Å². The molecule has 1 fully saturated rings. The van der Waals surface area contributed by atoms with Gasteiger partial charge in [-0.3, -0.25) is 14.5 Å². The van der Waals surface area contributed by atoms with Crippen LogP contribution in [-0.2, 0) is 6.54 Å². The Kier molecular flexibility index (Phi) is 6.36. The fourth-order valence-corrected chi connectivity index (χ4v) is 3.84. The minimum atomic E-state index is -0.387. The molecule has 3 rings (SSSR count). The Morgan fingerprint density at radius 3 is 2.57 bits per heavy atom. The Morgan fingerprint density at radius 1 is 1.21 bits per heavy atom. The number of hydrogen-bond donors (Lipinski definition) is 1. The average molecular weight is 404 g/mol. The number of Topliss-reactive ketones (excluding diaryl/α,β-unsaturated/α-hetero) is 1. The number of aryl methyl sites for hydroxylation is 2. The van der Waals surface area contributed by atoms with E-state index in [9.17, 15) is 9.59 Å². The van der Waals surface area contributed by atoms with Gasteiger partial charge in [-0.1, -0.05) is 17.7 Å². The van der Waals surface area contributed by atoms with Crippen LogP contribution in [-0.4, -0.2) is 53.2 Å². The number of nitrogen functional groups attached to an aromatic ring is 1. The lowest BCUT2D eigenvalue weighted by Gasteiger charge is -2.36. The van der Waals surface area contributed by atoms with Gasteiger partial charge in [0.25, 0.3) is 5.56 Å². The molecule has 28 heavy (non-hydrogen) atoms. The minimum Gasteiger partial charge on any atom is -0.394 e. The Labute approximate surface area is 169 Å². The van der Waals surface area contributed by atoms with E-state index in [1.807, 2.05) is 18.2 Å². The summed E-state index contributed by atoms with van der Waals surface area (Å²) in [7, 11) is 0. The van der Waals surface area contributed by atoms with Gasteiger partial charge in [0.2, 0.25) is 0 Å². The molecule has 1 aromatic heterocycles. The van der Waals surface area contributed by atoms with Crippen LogP contribution < -0.4 is 16.2 Å². The smallest absolute Gasteiger partial charge is 0.290 e. The number of carbonyl (C=O) groups excluding carboxylic acids is 1. The van der Waals surface area contributed by atoms with Crippen LogP contribution >= 0.6 is 11.6 Å². The first kappa shape index (κ1) is 20.4. The summed E-state index contributed by atoms with van der Waals surface area (Å²) in [6.07, 6.45) is 0.794. The van der Waals surface area contributed by atoms with Gasteiger partial charge in [0.15, 0.2) is 5.78 Å². The summed E-state index contributed by atoms with van der Waals surface area (Å²) < 4.78 is 1.37. The lowest BCUT2D eigenvalue weighted by atomic mass is 10.1. The number of benzene rings is 1. The van der Waals surface area contributed by atoms with E-state index in [2.05, 4.69) is 21.0 Å². The number of carbonyl (C=O) groups is 1. The molecule has 1 aliphatic heterocycles. The largest absolute Gasteiger partial charge is 0.394 e. The Balaban J connectivity index is 1.53. The van der Waals surface area contributed by atoms with Crippen molar-refractivity contribution in [3.63, 3.8) is 0 Å². The molecule has 0 spiro atoms. The number of nitrogens with zero attached hydrogens (tertiary/aromatic N) is 4. The maximum atomic E-state index is 12.3. The highest BCUT2D eigenvalue weighted by Crippen LogP contribution is 2.20. The number of ketones is 1. The molecule has 0 saturated carbocycles. The fourth-order valence-electron chi connectivity index (χ4n) is 3.66. The van der Waals surface area contributed by atoms with Crippen molar-refractivity contribution in [3.05, 3.63) is 50.9 Å². The number of anilines is 2. The molecule has 0 atom stereocenters. The van der Waals surface area contributed by atoms with Crippen molar-refractivity contribution >= 4 is 28.8 Å². The third-order valence-corrected chi connectivity index (χ3v) is 5.34. The zero-order chi connectivity index (χ0) is 20.3. The second-order valence-corrected chi connectivity index (χ2v) is 7.56. The highest BCUT2D eigenvalue weighted by Gasteiger charge is 2.18. The van der Waals surface area contributed by atoms with E-state index in [-0.39, 0.29) is 22.6 Å². The predicted octanol–water partition coefficient (Wildman–Crippen LogP) is 2.20. The molecular formula is C20H26ClN5O2. The molecule has 0 radical (unpaired) electrons. The first-order valence-electron chi connectivity index (χ1n) is 9.48. The Morgan fingerprint density at radius 2 is 1.93 bits per heavy atom. The molecule has 2 aromatic rings. The van der Waals surface area contributed by atoms with Gasteiger partial charge in [-0.15, -0.1) is 0 Å². The molecule has 7 nitrogen and oxygen atoms in total. The molecule has 0 aliphatic carbocycles. The van der Waals surface area contributed by atoms with Gasteiger partial charge in [0, 0.05) is 50.0 Å². The normalized spacial score (nSPS) is 15.0. The molecule has 2 heterocycles. The van der Waals surface area contributed by atoms with E-state index in [0.717, 1.165) is 49.9 Å².